The lowest BCUT2D eigenvalue weighted by atomic mass is 9.95. The normalized spacial score (nSPS) is 12.5. The fourth-order valence-corrected chi connectivity index (χ4v) is 14.2. The summed E-state index contributed by atoms with van der Waals surface area (Å²) in [4.78, 5) is 151. The molecule has 118 heavy (non-hydrogen) atoms. The first kappa shape index (κ1) is 90.0. The second-order valence-electron chi connectivity index (χ2n) is 31.3. The number of nitrogens with zero attached hydrogens (tertiary/aromatic N) is 4. The summed E-state index contributed by atoms with van der Waals surface area (Å²) in [7, 11) is 13.0. The Morgan fingerprint density at radius 1 is 0.398 bits per heavy atom. The van der Waals surface area contributed by atoms with Gasteiger partial charge in [0.15, 0.2) is 0 Å². The quantitative estimate of drug-likeness (QED) is 0.00544. The van der Waals surface area contributed by atoms with Crippen molar-refractivity contribution >= 4 is 145 Å². The SMILES string of the molecule is [B]c1cc(NC(=O)CCCCNC(=NC(=O)OC(C)(C)C)NC(=O)OC(C)(C)C)c(SCCNC(=O)OCC2c3ccccc3-c3ccccc32)c(NC(=O)c2cc(C(=O)Nc3cc([B])cc(NC(=O)CCCCNC(=NC(=O)OC(C)(C)C)NC(=O)OC(C)(C)C)c3SCCNC(=O)OCC3c4ccccc4-c4ccccc43)ncn2)c1. The van der Waals surface area contributed by atoms with Crippen molar-refractivity contribution in [1.29, 1.82) is 0 Å². The Labute approximate surface area is 696 Å². The molecule has 0 saturated heterocycles. The number of anilines is 4. The van der Waals surface area contributed by atoms with Crippen LogP contribution in [0.2, 0.25) is 0 Å². The summed E-state index contributed by atoms with van der Waals surface area (Å²) in [6.45, 7) is 20.6. The maximum atomic E-state index is 14.6. The molecular weight excluding hydrogens is 1550 g/mol. The highest BCUT2D eigenvalue weighted by Crippen LogP contribution is 2.46. The largest absolute Gasteiger partial charge is 0.449 e. The third kappa shape index (κ3) is 28.2. The first-order valence-electron chi connectivity index (χ1n) is 38.4. The van der Waals surface area contributed by atoms with E-state index in [1.54, 1.807) is 83.1 Å². The van der Waals surface area contributed by atoms with Gasteiger partial charge < -0.3 is 71.0 Å². The molecule has 6 aromatic carbocycles. The van der Waals surface area contributed by atoms with Gasteiger partial charge in [-0.1, -0.05) is 108 Å². The lowest BCUT2D eigenvalue weighted by Crippen LogP contribution is -2.44. The van der Waals surface area contributed by atoms with Crippen LogP contribution in [0.5, 0.6) is 0 Å². The van der Waals surface area contributed by atoms with Gasteiger partial charge in [-0.25, -0.2) is 38.7 Å². The number of benzene rings is 6. The number of thioether (sulfide) groups is 2. The Morgan fingerprint density at radius 3 is 1.05 bits per heavy atom. The van der Waals surface area contributed by atoms with Crippen LogP contribution in [0.4, 0.5) is 51.5 Å². The van der Waals surface area contributed by atoms with Crippen LogP contribution in [-0.4, -0.2) is 171 Å². The Hall–Kier alpha value is -11.9. The molecule has 1 heterocycles. The van der Waals surface area contributed by atoms with Crippen LogP contribution in [0.3, 0.4) is 0 Å². The van der Waals surface area contributed by atoms with E-state index in [-0.39, 0.29) is 145 Å². The van der Waals surface area contributed by atoms with E-state index in [2.05, 4.69) is 73.1 Å². The molecule has 0 fully saturated rings. The van der Waals surface area contributed by atoms with E-state index in [1.807, 2.05) is 97.1 Å². The minimum Gasteiger partial charge on any atom is -0.449 e. The molecule has 10 amide bonds. The molecule has 0 aliphatic heterocycles. The van der Waals surface area contributed by atoms with Crippen LogP contribution in [0.15, 0.2) is 153 Å². The first-order chi connectivity index (χ1) is 55.9. The summed E-state index contributed by atoms with van der Waals surface area (Å²) < 4.78 is 32.9. The number of hydrogen-bond donors (Lipinski definition) is 10. The molecule has 9 rings (SSSR count). The third-order valence-electron chi connectivity index (χ3n) is 17.0. The molecule has 34 heteroatoms. The number of aliphatic imine (C=N–C) groups is 2. The van der Waals surface area contributed by atoms with Crippen molar-refractivity contribution in [1.82, 2.24) is 41.9 Å². The lowest BCUT2D eigenvalue weighted by molar-refractivity contribution is -0.117. The fraction of sp³-hybridized carbons (Fsp3) is 0.381. The number of ether oxygens (including phenoxy) is 6. The van der Waals surface area contributed by atoms with Gasteiger partial charge in [0.1, 0.15) is 69.0 Å². The van der Waals surface area contributed by atoms with Crippen LogP contribution in [-0.2, 0) is 38.0 Å². The van der Waals surface area contributed by atoms with Crippen LogP contribution >= 0.6 is 23.5 Å². The molecule has 2 aliphatic rings. The minimum atomic E-state index is -0.967. The molecule has 7 aromatic rings. The number of nitrogens with one attached hydrogen (secondary N) is 10. The van der Waals surface area contributed by atoms with E-state index in [9.17, 15) is 47.9 Å². The molecule has 0 unspecified atom stereocenters. The van der Waals surface area contributed by atoms with Crippen molar-refractivity contribution in [2.24, 2.45) is 9.98 Å². The van der Waals surface area contributed by atoms with Gasteiger partial charge in [-0.3, -0.25) is 29.8 Å². The number of guanidine groups is 2. The van der Waals surface area contributed by atoms with Gasteiger partial charge in [0.25, 0.3) is 11.8 Å². The number of amides is 10. The zero-order valence-corrected chi connectivity index (χ0v) is 69.7. The maximum absolute atomic E-state index is 14.6. The van der Waals surface area contributed by atoms with Crippen molar-refractivity contribution in [3.05, 3.63) is 167 Å². The predicted octanol–water partition coefficient (Wildman–Crippen LogP) is 12.9. The van der Waals surface area contributed by atoms with Gasteiger partial charge in [-0.2, -0.15) is 0 Å². The Balaban J connectivity index is 0.895. The second-order valence-corrected chi connectivity index (χ2v) is 33.5. The number of aromatic nitrogens is 2. The average molecular weight is 1650 g/mol. The molecule has 4 radical (unpaired) electrons. The van der Waals surface area contributed by atoms with E-state index in [0.29, 0.717) is 22.6 Å². The lowest BCUT2D eigenvalue weighted by Gasteiger charge is -2.21. The van der Waals surface area contributed by atoms with Crippen molar-refractivity contribution in [3.8, 4) is 22.3 Å². The van der Waals surface area contributed by atoms with Gasteiger partial charge in [0.2, 0.25) is 23.7 Å². The molecular formula is C84H98B2N14O16S2. The monoisotopic (exact) mass is 1640 g/mol. The van der Waals surface area contributed by atoms with Crippen LogP contribution < -0.4 is 64.1 Å². The molecule has 30 nitrogen and oxygen atoms in total. The van der Waals surface area contributed by atoms with E-state index >= 15 is 0 Å². The maximum Gasteiger partial charge on any atom is 0.437 e. The van der Waals surface area contributed by atoms with Gasteiger partial charge in [0, 0.05) is 68.4 Å². The number of alkyl carbamates (subject to hydrolysis) is 4. The van der Waals surface area contributed by atoms with Crippen molar-refractivity contribution < 1.29 is 76.4 Å². The van der Waals surface area contributed by atoms with Crippen molar-refractivity contribution in [2.45, 2.75) is 166 Å². The van der Waals surface area contributed by atoms with Crippen LogP contribution in [0.25, 0.3) is 22.3 Å². The molecule has 10 N–H and O–H groups in total. The number of fused-ring (bicyclic) bond motifs is 6. The predicted molar refractivity (Wildman–Crippen MR) is 456 cm³/mol. The van der Waals surface area contributed by atoms with Crippen molar-refractivity contribution in [3.63, 3.8) is 0 Å². The Bertz CT molecular complexity index is 4540. The zero-order valence-electron chi connectivity index (χ0n) is 68.0. The first-order valence-corrected chi connectivity index (χ1v) is 40.3. The van der Waals surface area contributed by atoms with Gasteiger partial charge in [-0.05, 0) is 178 Å². The fourth-order valence-electron chi connectivity index (χ4n) is 12.3. The standard InChI is InChI=1S/C84H98B2N14O16S2/c1-81(2,3)113-77(107)97-73(98-78(108)114-82(4,5)6)87-35-23-21-33-67(101)93-61-41-49(85)43-63(69(61)117-39-37-89-75(105)111-46-59-55-29-17-13-25-51(55)52-26-14-18-30-56(52)59)95-71(103)65-45-66(92-48-91-65)72(104)96-64-44-50(86)42-62(94-68(102)34-22-24-36-88-74(99-79(109)115-83(7,8)9)100-80(110)116-84(10,11)12)70(64)118-40-38-90-76(106)112-47-60-57-31-19-15-27-53(57)54-28-16-20-32-58(54)60/h13-20,25-32,41-45,48,59-60H,21-24,33-40,46-47H2,1-12H3,(H,89,105)(H,90,106)(H,93,101)(H,94,102)(H,95,103)(H,96,104)(H2,87,97,98,107,108)(H2,88,99,100,109,110). The molecule has 618 valence electrons. The number of rotatable bonds is 28. The average Bonchev–Trinajstić information content (AvgIpc) is 1.61. The minimum absolute atomic E-state index is 0.0421. The number of unbranched alkanes of at least 4 members (excludes halogenated alkanes) is 2. The van der Waals surface area contributed by atoms with E-state index in [0.717, 1.165) is 80.4 Å². The molecule has 2 aliphatic carbocycles. The van der Waals surface area contributed by atoms with Crippen LogP contribution in [0.1, 0.15) is 177 Å². The Morgan fingerprint density at radius 2 is 0.720 bits per heavy atom. The van der Waals surface area contributed by atoms with Crippen molar-refractivity contribution in [2.75, 3.05) is 72.2 Å². The zero-order chi connectivity index (χ0) is 85.5. The van der Waals surface area contributed by atoms with Gasteiger partial charge in [-0.15, -0.1) is 33.5 Å². The van der Waals surface area contributed by atoms with Gasteiger partial charge in [0.05, 0.1) is 32.5 Å². The highest BCUT2D eigenvalue weighted by atomic mass is 32.2. The smallest absolute Gasteiger partial charge is 0.437 e. The Kier molecular flexibility index (Phi) is 31.5. The van der Waals surface area contributed by atoms with E-state index < -0.39 is 82.6 Å². The highest BCUT2D eigenvalue weighted by molar-refractivity contribution is 7.99. The third-order valence-corrected chi connectivity index (χ3v) is 19.3. The van der Waals surface area contributed by atoms with Gasteiger partial charge >= 0.3 is 36.6 Å². The summed E-state index contributed by atoms with van der Waals surface area (Å²) in [6, 6.07) is 38.9. The number of carbonyl (C=O) groups excluding carboxylic acids is 10. The summed E-state index contributed by atoms with van der Waals surface area (Å²) >= 11 is 2.32. The summed E-state index contributed by atoms with van der Waals surface area (Å²) in [5, 5.41) is 27.8. The second kappa shape index (κ2) is 41.3. The summed E-state index contributed by atoms with van der Waals surface area (Å²) in [5.74, 6) is -3.08. The number of hydrogen-bond acceptors (Lipinski definition) is 20. The molecule has 0 saturated carbocycles. The molecule has 0 bridgehead atoms. The topological polar surface area (TPSA) is 397 Å². The molecule has 1 aromatic heterocycles. The van der Waals surface area contributed by atoms with Crippen LogP contribution in [0, 0.1) is 0 Å². The molecule has 0 spiro atoms. The van der Waals surface area contributed by atoms with E-state index in [4.69, 9.17) is 44.1 Å². The number of carbonyl (C=O) groups is 10. The highest BCUT2D eigenvalue weighted by Gasteiger charge is 2.32. The summed E-state index contributed by atoms with van der Waals surface area (Å²) in [5.41, 5.74) is 5.22. The van der Waals surface area contributed by atoms with E-state index in [1.165, 1.54) is 24.3 Å². The summed E-state index contributed by atoms with van der Waals surface area (Å²) in [6.07, 6.45) is -2.86. The molecule has 0 atom stereocenters.